The van der Waals surface area contributed by atoms with E-state index < -0.39 is 26.5 Å². The Labute approximate surface area is 358 Å². The molecule has 2 atom stereocenters. The van der Waals surface area contributed by atoms with Crippen molar-refractivity contribution >= 4 is 19.8 Å². The third-order valence-corrected chi connectivity index (χ3v) is 12.2. The summed E-state index contributed by atoms with van der Waals surface area (Å²) >= 11 is 0. The van der Waals surface area contributed by atoms with Gasteiger partial charge in [0, 0.05) is 19.4 Å². The molecule has 3 N–H and O–H groups in total. The van der Waals surface area contributed by atoms with E-state index in [9.17, 15) is 19.0 Å². The lowest BCUT2D eigenvalue weighted by atomic mass is 10.0. The Morgan fingerprint density at radius 2 is 0.741 bits per heavy atom. The maximum atomic E-state index is 12.6. The van der Waals surface area contributed by atoms with Crippen molar-refractivity contribution in [2.75, 3.05) is 26.4 Å². The molecule has 9 nitrogen and oxygen atoms in total. The molecule has 10 heteroatoms. The SMILES string of the molecule is CCCCCCCCCCCCCCCCCCCCCCCC(=O)OCC(COP(=O)(O)OCCN)OC(=O)CCCCCCCCCCCCCCCCCC. The first-order valence-corrected chi connectivity index (χ1v) is 26.5. The van der Waals surface area contributed by atoms with Gasteiger partial charge in [-0.25, -0.2) is 4.57 Å². The lowest BCUT2D eigenvalue weighted by molar-refractivity contribution is -0.161. The molecule has 0 aliphatic carbocycles. The average Bonchev–Trinajstić information content (AvgIpc) is 3.21. The van der Waals surface area contributed by atoms with Gasteiger partial charge in [0.25, 0.3) is 0 Å². The van der Waals surface area contributed by atoms with Gasteiger partial charge in [-0.05, 0) is 12.8 Å². The van der Waals surface area contributed by atoms with Gasteiger partial charge in [-0.1, -0.05) is 239 Å². The van der Waals surface area contributed by atoms with Crippen LogP contribution in [0, 0.1) is 0 Å². The summed E-state index contributed by atoms with van der Waals surface area (Å²) in [4.78, 5) is 35.0. The molecule has 0 amide bonds. The molecule has 0 fully saturated rings. The van der Waals surface area contributed by atoms with E-state index in [4.69, 9.17) is 24.3 Å². The minimum absolute atomic E-state index is 0.0583. The van der Waals surface area contributed by atoms with Crippen LogP contribution in [0.5, 0.6) is 0 Å². The summed E-state index contributed by atoms with van der Waals surface area (Å²) in [5.41, 5.74) is 5.36. The number of hydrogen-bond acceptors (Lipinski definition) is 8. The second-order valence-electron chi connectivity index (χ2n) is 17.1. The van der Waals surface area contributed by atoms with Gasteiger partial charge in [0.2, 0.25) is 0 Å². The van der Waals surface area contributed by atoms with Gasteiger partial charge in [0.05, 0.1) is 13.2 Å². The average molecular weight is 846 g/mol. The van der Waals surface area contributed by atoms with E-state index in [0.717, 1.165) is 32.1 Å². The van der Waals surface area contributed by atoms with Gasteiger partial charge in [-0.15, -0.1) is 0 Å². The molecule has 0 saturated heterocycles. The zero-order valence-corrected chi connectivity index (χ0v) is 39.2. The van der Waals surface area contributed by atoms with Crippen LogP contribution in [-0.2, 0) is 32.7 Å². The number of carbonyl (C=O) groups excluding carboxylic acids is 2. The zero-order chi connectivity index (χ0) is 42.5. The third-order valence-electron chi connectivity index (χ3n) is 11.2. The number of esters is 2. The monoisotopic (exact) mass is 846 g/mol. The molecule has 0 bridgehead atoms. The summed E-state index contributed by atoms with van der Waals surface area (Å²) in [6, 6.07) is 0. The Morgan fingerprint density at radius 1 is 0.448 bits per heavy atom. The fraction of sp³-hybridized carbons (Fsp3) is 0.958. The Bertz CT molecular complexity index is 922. The first kappa shape index (κ1) is 57.0. The van der Waals surface area contributed by atoms with Crippen LogP contribution < -0.4 is 5.73 Å². The largest absolute Gasteiger partial charge is 0.472 e. The molecule has 346 valence electrons. The molecule has 0 spiro atoms. The minimum atomic E-state index is -4.37. The van der Waals surface area contributed by atoms with E-state index in [1.807, 2.05) is 0 Å². The van der Waals surface area contributed by atoms with Crippen molar-refractivity contribution in [2.24, 2.45) is 5.73 Å². The van der Waals surface area contributed by atoms with Crippen LogP contribution in [0.4, 0.5) is 0 Å². The van der Waals surface area contributed by atoms with Crippen molar-refractivity contribution in [2.45, 2.75) is 270 Å². The Balaban J connectivity index is 3.99. The predicted molar refractivity (Wildman–Crippen MR) is 243 cm³/mol. The van der Waals surface area contributed by atoms with Crippen LogP contribution in [0.1, 0.15) is 264 Å². The first-order chi connectivity index (χ1) is 28.3. The summed E-state index contributed by atoms with van der Waals surface area (Å²) in [5, 5.41) is 0. The van der Waals surface area contributed by atoms with E-state index in [1.165, 1.54) is 199 Å². The highest BCUT2D eigenvalue weighted by atomic mass is 31.2. The summed E-state index contributed by atoms with van der Waals surface area (Å²) in [6.07, 6.45) is 47.1. The number of unbranched alkanes of at least 4 members (excludes halogenated alkanes) is 35. The lowest BCUT2D eigenvalue weighted by Crippen LogP contribution is -2.29. The summed E-state index contributed by atoms with van der Waals surface area (Å²) in [7, 11) is -4.37. The van der Waals surface area contributed by atoms with Crippen molar-refractivity contribution in [1.82, 2.24) is 0 Å². The van der Waals surface area contributed by atoms with Gasteiger partial charge in [0.15, 0.2) is 6.10 Å². The smallest absolute Gasteiger partial charge is 0.462 e. The second kappa shape index (κ2) is 45.5. The maximum Gasteiger partial charge on any atom is 0.472 e. The lowest BCUT2D eigenvalue weighted by Gasteiger charge is -2.19. The maximum absolute atomic E-state index is 12.6. The van der Waals surface area contributed by atoms with E-state index in [1.54, 1.807) is 0 Å². The first-order valence-electron chi connectivity index (χ1n) is 25.0. The van der Waals surface area contributed by atoms with E-state index in [-0.39, 0.29) is 38.6 Å². The summed E-state index contributed by atoms with van der Waals surface area (Å²) in [6.45, 7) is 3.80. The van der Waals surface area contributed by atoms with Gasteiger partial charge in [-0.3, -0.25) is 18.6 Å². The van der Waals surface area contributed by atoms with Gasteiger partial charge in [-0.2, -0.15) is 0 Å². The van der Waals surface area contributed by atoms with Crippen LogP contribution in [-0.4, -0.2) is 49.3 Å². The molecule has 0 aromatic heterocycles. The predicted octanol–water partition coefficient (Wildman–Crippen LogP) is 14.8. The highest BCUT2D eigenvalue weighted by molar-refractivity contribution is 7.47. The Kier molecular flexibility index (Phi) is 44.8. The normalized spacial score (nSPS) is 13.1. The molecular weight excluding hydrogens is 750 g/mol. The Morgan fingerprint density at radius 3 is 1.05 bits per heavy atom. The number of rotatable bonds is 48. The number of phosphoric ester groups is 1. The van der Waals surface area contributed by atoms with Crippen LogP contribution in [0.2, 0.25) is 0 Å². The third kappa shape index (κ3) is 44.6. The van der Waals surface area contributed by atoms with Crippen molar-refractivity contribution in [3.63, 3.8) is 0 Å². The van der Waals surface area contributed by atoms with Crippen molar-refractivity contribution in [1.29, 1.82) is 0 Å². The number of phosphoric acid groups is 1. The molecular formula is C48H96NO8P. The summed E-state index contributed by atoms with van der Waals surface area (Å²) < 4.78 is 32.9. The van der Waals surface area contributed by atoms with E-state index in [0.29, 0.717) is 6.42 Å². The highest BCUT2D eigenvalue weighted by Crippen LogP contribution is 2.43. The molecule has 2 unspecified atom stereocenters. The van der Waals surface area contributed by atoms with Crippen molar-refractivity contribution in [3.8, 4) is 0 Å². The number of carbonyl (C=O) groups is 2. The standard InChI is InChI=1S/C48H96NO8P/c1-3-5-7-9-11-13-15-17-19-21-22-23-24-25-27-28-30-32-34-36-38-40-47(50)54-44-46(45-56-58(52,53)55-43-42-49)57-48(51)41-39-37-35-33-31-29-26-20-18-16-14-12-10-8-6-4-2/h46H,3-45,49H2,1-2H3,(H,52,53). The quantitative estimate of drug-likeness (QED) is 0.0349. The minimum Gasteiger partial charge on any atom is -0.462 e. The number of nitrogens with two attached hydrogens (primary N) is 1. The summed E-state index contributed by atoms with van der Waals surface area (Å²) in [5.74, 6) is -0.807. The van der Waals surface area contributed by atoms with Crippen LogP contribution >= 0.6 is 7.82 Å². The van der Waals surface area contributed by atoms with Crippen LogP contribution in [0.25, 0.3) is 0 Å². The molecule has 0 aliphatic rings. The number of ether oxygens (including phenoxy) is 2. The Hall–Kier alpha value is -0.990. The van der Waals surface area contributed by atoms with Gasteiger partial charge >= 0.3 is 19.8 Å². The van der Waals surface area contributed by atoms with Gasteiger partial charge < -0.3 is 20.1 Å². The molecule has 0 saturated carbocycles. The molecule has 0 heterocycles. The van der Waals surface area contributed by atoms with Crippen LogP contribution in [0.15, 0.2) is 0 Å². The molecule has 58 heavy (non-hydrogen) atoms. The van der Waals surface area contributed by atoms with Gasteiger partial charge in [0.1, 0.15) is 6.61 Å². The van der Waals surface area contributed by atoms with Crippen molar-refractivity contribution in [3.05, 3.63) is 0 Å². The fourth-order valence-electron chi connectivity index (χ4n) is 7.52. The van der Waals surface area contributed by atoms with Crippen LogP contribution in [0.3, 0.4) is 0 Å². The van der Waals surface area contributed by atoms with E-state index >= 15 is 0 Å². The number of hydrogen-bond donors (Lipinski definition) is 2. The van der Waals surface area contributed by atoms with E-state index in [2.05, 4.69) is 13.8 Å². The van der Waals surface area contributed by atoms with Crippen molar-refractivity contribution < 1.29 is 37.6 Å². The molecule has 0 radical (unpaired) electrons. The zero-order valence-electron chi connectivity index (χ0n) is 38.3. The molecule has 0 aromatic carbocycles. The topological polar surface area (TPSA) is 134 Å². The highest BCUT2D eigenvalue weighted by Gasteiger charge is 2.26. The second-order valence-corrected chi connectivity index (χ2v) is 18.5. The molecule has 0 aromatic rings. The molecule has 0 rings (SSSR count). The molecule has 0 aliphatic heterocycles. The fourth-order valence-corrected chi connectivity index (χ4v) is 8.29.